The van der Waals surface area contributed by atoms with Crippen LogP contribution in [0.25, 0.3) is 0 Å². The van der Waals surface area contributed by atoms with Crippen LogP contribution >= 0.6 is 11.8 Å². The predicted molar refractivity (Wildman–Crippen MR) is 51.0 cm³/mol. The van der Waals surface area contributed by atoms with Gasteiger partial charge in [0.25, 0.3) is 0 Å². The smallest absolute Gasteiger partial charge is 0.00952 e. The van der Waals surface area contributed by atoms with E-state index in [4.69, 9.17) is 0 Å². The fourth-order valence-electron chi connectivity index (χ4n) is 1.32. The lowest BCUT2D eigenvalue weighted by atomic mass is 10.1. The predicted octanol–water partition coefficient (Wildman–Crippen LogP) is 2.73. The molecule has 1 atom stereocenters. The van der Waals surface area contributed by atoms with Crippen LogP contribution in [0.3, 0.4) is 0 Å². The lowest BCUT2D eigenvalue weighted by molar-refractivity contribution is 0.779. The summed E-state index contributed by atoms with van der Waals surface area (Å²) >= 11 is 2.10. The molecule has 2 rings (SSSR count). The van der Waals surface area contributed by atoms with Gasteiger partial charge in [0.05, 0.1) is 0 Å². The van der Waals surface area contributed by atoms with Crippen molar-refractivity contribution >= 4 is 11.8 Å². The highest BCUT2D eigenvalue weighted by Crippen LogP contribution is 2.30. The van der Waals surface area contributed by atoms with Crippen LogP contribution in [0.2, 0.25) is 0 Å². The van der Waals surface area contributed by atoms with E-state index in [1.165, 1.54) is 24.2 Å². The standard InChI is InChI=1S/C10H12S/c1-2-4-9(5-3-1)8-10-6-7-11-10/h1-5,10H,6-8H2. The summed E-state index contributed by atoms with van der Waals surface area (Å²) in [4.78, 5) is 0. The van der Waals surface area contributed by atoms with Crippen molar-refractivity contribution in [2.75, 3.05) is 5.75 Å². The van der Waals surface area contributed by atoms with Crippen molar-refractivity contribution in [3.63, 3.8) is 0 Å². The van der Waals surface area contributed by atoms with Crippen molar-refractivity contribution in [3.8, 4) is 0 Å². The van der Waals surface area contributed by atoms with Crippen LogP contribution in [0.4, 0.5) is 0 Å². The van der Waals surface area contributed by atoms with Gasteiger partial charge in [0.2, 0.25) is 0 Å². The second-order valence-corrected chi connectivity index (χ2v) is 4.38. The molecule has 1 saturated heterocycles. The molecule has 1 fully saturated rings. The number of hydrogen-bond donors (Lipinski definition) is 0. The Kier molecular flexibility index (Phi) is 2.18. The van der Waals surface area contributed by atoms with Gasteiger partial charge in [0.15, 0.2) is 0 Å². The molecule has 1 aliphatic heterocycles. The van der Waals surface area contributed by atoms with Crippen LogP contribution in [0.15, 0.2) is 30.3 Å². The maximum absolute atomic E-state index is 2.22. The molecule has 0 aliphatic carbocycles. The highest BCUT2D eigenvalue weighted by molar-refractivity contribution is 8.01. The monoisotopic (exact) mass is 164 g/mol. The minimum atomic E-state index is 0.914. The van der Waals surface area contributed by atoms with Crippen LogP contribution in [0.1, 0.15) is 12.0 Å². The van der Waals surface area contributed by atoms with Crippen molar-refractivity contribution < 1.29 is 0 Å². The average Bonchev–Trinajstić information content (AvgIpc) is 1.99. The molecule has 0 aromatic heterocycles. The summed E-state index contributed by atoms with van der Waals surface area (Å²) in [5, 5.41) is 0.914. The van der Waals surface area contributed by atoms with Gasteiger partial charge < -0.3 is 0 Å². The molecule has 0 nitrogen and oxygen atoms in total. The SMILES string of the molecule is c1ccc(CC2CCS2)cc1. The Bertz CT molecular complexity index is 214. The second kappa shape index (κ2) is 3.31. The van der Waals surface area contributed by atoms with Crippen molar-refractivity contribution in [2.24, 2.45) is 0 Å². The van der Waals surface area contributed by atoms with E-state index < -0.39 is 0 Å². The van der Waals surface area contributed by atoms with Gasteiger partial charge in [-0.15, -0.1) is 0 Å². The molecule has 58 valence electrons. The van der Waals surface area contributed by atoms with Gasteiger partial charge in [-0.3, -0.25) is 0 Å². The summed E-state index contributed by atoms with van der Waals surface area (Å²) in [5.41, 5.74) is 1.49. The minimum absolute atomic E-state index is 0.914. The van der Waals surface area contributed by atoms with Gasteiger partial charge in [-0.25, -0.2) is 0 Å². The zero-order valence-corrected chi connectivity index (χ0v) is 7.31. The van der Waals surface area contributed by atoms with E-state index in [9.17, 15) is 0 Å². The third-order valence-electron chi connectivity index (χ3n) is 2.10. The minimum Gasteiger partial charge on any atom is -0.158 e. The molecule has 0 bridgehead atoms. The lowest BCUT2D eigenvalue weighted by Gasteiger charge is -2.24. The summed E-state index contributed by atoms with van der Waals surface area (Å²) in [7, 11) is 0. The van der Waals surface area contributed by atoms with E-state index in [-0.39, 0.29) is 0 Å². The van der Waals surface area contributed by atoms with Crippen molar-refractivity contribution in [1.29, 1.82) is 0 Å². The van der Waals surface area contributed by atoms with E-state index in [0.29, 0.717) is 0 Å². The largest absolute Gasteiger partial charge is 0.158 e. The maximum Gasteiger partial charge on any atom is 0.00952 e. The highest BCUT2D eigenvalue weighted by Gasteiger charge is 2.17. The van der Waals surface area contributed by atoms with Gasteiger partial charge in [0, 0.05) is 5.25 Å². The molecular formula is C10H12S. The molecule has 0 radical (unpaired) electrons. The van der Waals surface area contributed by atoms with E-state index in [1.807, 2.05) is 0 Å². The Morgan fingerprint density at radius 1 is 1.27 bits per heavy atom. The van der Waals surface area contributed by atoms with Gasteiger partial charge in [-0.05, 0) is 24.2 Å². The van der Waals surface area contributed by atoms with Gasteiger partial charge >= 0.3 is 0 Å². The summed E-state index contributed by atoms with van der Waals surface area (Å²) in [6, 6.07) is 10.8. The van der Waals surface area contributed by atoms with Gasteiger partial charge in [-0.1, -0.05) is 30.3 Å². The fourth-order valence-corrected chi connectivity index (χ4v) is 2.20. The molecule has 1 aromatic carbocycles. The first kappa shape index (κ1) is 7.23. The normalized spacial score (nSPS) is 22.7. The molecule has 1 heterocycles. The first-order chi connectivity index (χ1) is 5.45. The van der Waals surface area contributed by atoms with Crippen LogP contribution in [0.5, 0.6) is 0 Å². The Labute approximate surface area is 72.0 Å². The summed E-state index contributed by atoms with van der Waals surface area (Å²) in [6.45, 7) is 0. The first-order valence-corrected chi connectivity index (χ1v) is 5.15. The molecule has 0 saturated carbocycles. The van der Waals surface area contributed by atoms with Gasteiger partial charge in [0.1, 0.15) is 0 Å². The fraction of sp³-hybridized carbons (Fsp3) is 0.400. The number of thioether (sulfide) groups is 1. The molecule has 0 N–H and O–H groups in total. The van der Waals surface area contributed by atoms with Gasteiger partial charge in [-0.2, -0.15) is 11.8 Å². The van der Waals surface area contributed by atoms with Crippen LogP contribution < -0.4 is 0 Å². The maximum atomic E-state index is 2.22. The quantitative estimate of drug-likeness (QED) is 0.647. The molecule has 1 heteroatoms. The first-order valence-electron chi connectivity index (χ1n) is 4.11. The number of rotatable bonds is 2. The van der Waals surface area contributed by atoms with Crippen molar-refractivity contribution in [3.05, 3.63) is 35.9 Å². The second-order valence-electron chi connectivity index (χ2n) is 2.97. The Balaban J connectivity index is 1.95. The van der Waals surface area contributed by atoms with Crippen LogP contribution in [-0.4, -0.2) is 11.0 Å². The van der Waals surface area contributed by atoms with Crippen LogP contribution in [-0.2, 0) is 6.42 Å². The summed E-state index contributed by atoms with van der Waals surface area (Å²) in [6.07, 6.45) is 2.69. The van der Waals surface area contributed by atoms with E-state index in [2.05, 4.69) is 42.1 Å². The average molecular weight is 164 g/mol. The summed E-state index contributed by atoms with van der Waals surface area (Å²) in [5.74, 6) is 1.37. The Morgan fingerprint density at radius 3 is 2.55 bits per heavy atom. The lowest BCUT2D eigenvalue weighted by Crippen LogP contribution is -2.17. The Morgan fingerprint density at radius 2 is 2.00 bits per heavy atom. The molecular weight excluding hydrogens is 152 g/mol. The molecule has 1 unspecified atom stereocenters. The Hall–Kier alpha value is -0.430. The third kappa shape index (κ3) is 1.78. The topological polar surface area (TPSA) is 0 Å². The van der Waals surface area contributed by atoms with Crippen LogP contribution in [0, 0.1) is 0 Å². The zero-order chi connectivity index (χ0) is 7.52. The number of benzene rings is 1. The molecule has 0 amide bonds. The molecule has 1 aliphatic rings. The zero-order valence-electron chi connectivity index (χ0n) is 6.49. The molecule has 11 heavy (non-hydrogen) atoms. The molecule has 1 aromatic rings. The van der Waals surface area contributed by atoms with Crippen molar-refractivity contribution in [1.82, 2.24) is 0 Å². The van der Waals surface area contributed by atoms with E-state index >= 15 is 0 Å². The van der Waals surface area contributed by atoms with E-state index in [1.54, 1.807) is 0 Å². The van der Waals surface area contributed by atoms with Crippen molar-refractivity contribution in [2.45, 2.75) is 18.1 Å². The highest BCUT2D eigenvalue weighted by atomic mass is 32.2. The van der Waals surface area contributed by atoms with E-state index in [0.717, 1.165) is 5.25 Å². The third-order valence-corrected chi connectivity index (χ3v) is 3.44. The molecule has 0 spiro atoms. The number of hydrogen-bond acceptors (Lipinski definition) is 1. The summed E-state index contributed by atoms with van der Waals surface area (Å²) < 4.78 is 0.